The lowest BCUT2D eigenvalue weighted by Crippen LogP contribution is -2.24. The van der Waals surface area contributed by atoms with Gasteiger partial charge in [-0.2, -0.15) is 5.26 Å². The Hall–Kier alpha value is -1.76. The predicted molar refractivity (Wildman–Crippen MR) is 56.7 cm³/mol. The monoisotopic (exact) mass is 190 g/mol. The highest BCUT2D eigenvalue weighted by atomic mass is 15.2. The Labute approximate surface area is 84.0 Å². The third-order valence-electron chi connectivity index (χ3n) is 1.92. The fourth-order valence-corrected chi connectivity index (χ4v) is 1.20. The SMILES string of the molecule is CC(C#N)CN(C)c1cccc(N)n1. The molecule has 0 aliphatic rings. The van der Waals surface area contributed by atoms with Gasteiger partial charge in [0.05, 0.1) is 12.0 Å². The maximum absolute atomic E-state index is 8.66. The lowest BCUT2D eigenvalue weighted by molar-refractivity contribution is 0.710. The number of nitrogens with two attached hydrogens (primary N) is 1. The molecule has 4 nitrogen and oxygen atoms in total. The molecular formula is C10H14N4. The van der Waals surface area contributed by atoms with Gasteiger partial charge in [-0.15, -0.1) is 0 Å². The quantitative estimate of drug-likeness (QED) is 0.779. The van der Waals surface area contributed by atoms with Gasteiger partial charge in [-0.25, -0.2) is 4.98 Å². The van der Waals surface area contributed by atoms with E-state index in [9.17, 15) is 0 Å². The van der Waals surface area contributed by atoms with Crippen LogP contribution in [0.25, 0.3) is 0 Å². The van der Waals surface area contributed by atoms with Crippen molar-refractivity contribution in [3.05, 3.63) is 18.2 Å². The average Bonchev–Trinajstić information content (AvgIpc) is 2.17. The van der Waals surface area contributed by atoms with Gasteiger partial charge in [-0.3, -0.25) is 0 Å². The van der Waals surface area contributed by atoms with E-state index in [0.717, 1.165) is 5.82 Å². The molecule has 1 aromatic rings. The van der Waals surface area contributed by atoms with E-state index >= 15 is 0 Å². The van der Waals surface area contributed by atoms with Crippen LogP contribution in [0.1, 0.15) is 6.92 Å². The summed E-state index contributed by atoms with van der Waals surface area (Å²) in [7, 11) is 1.90. The molecule has 0 spiro atoms. The number of aromatic nitrogens is 1. The number of nitrogens with zero attached hydrogens (tertiary/aromatic N) is 3. The van der Waals surface area contributed by atoms with E-state index in [-0.39, 0.29) is 5.92 Å². The van der Waals surface area contributed by atoms with Gasteiger partial charge in [0.15, 0.2) is 0 Å². The van der Waals surface area contributed by atoms with Crippen molar-refractivity contribution in [2.75, 3.05) is 24.2 Å². The van der Waals surface area contributed by atoms with Crippen molar-refractivity contribution in [2.24, 2.45) is 5.92 Å². The fraction of sp³-hybridized carbons (Fsp3) is 0.400. The highest BCUT2D eigenvalue weighted by Crippen LogP contribution is 2.11. The van der Waals surface area contributed by atoms with Crippen LogP contribution in [0, 0.1) is 17.2 Å². The van der Waals surface area contributed by atoms with Crippen LogP contribution in [0.5, 0.6) is 0 Å². The maximum Gasteiger partial charge on any atom is 0.130 e. The zero-order chi connectivity index (χ0) is 10.6. The number of nitrogen functional groups attached to an aromatic ring is 1. The van der Waals surface area contributed by atoms with Gasteiger partial charge >= 0.3 is 0 Å². The summed E-state index contributed by atoms with van der Waals surface area (Å²) in [4.78, 5) is 6.08. The number of rotatable bonds is 3. The standard InChI is InChI=1S/C10H14N4/c1-8(6-11)7-14(2)10-5-3-4-9(12)13-10/h3-5,8H,7H2,1-2H3,(H2,12,13). The molecule has 0 fully saturated rings. The summed E-state index contributed by atoms with van der Waals surface area (Å²) in [6.45, 7) is 2.54. The van der Waals surface area contributed by atoms with Crippen LogP contribution in [0.2, 0.25) is 0 Å². The highest BCUT2D eigenvalue weighted by Gasteiger charge is 2.06. The molecule has 0 radical (unpaired) electrons. The Morgan fingerprint density at radius 2 is 2.36 bits per heavy atom. The minimum Gasteiger partial charge on any atom is -0.384 e. The molecule has 1 unspecified atom stereocenters. The predicted octanol–water partition coefficient (Wildman–Crippen LogP) is 1.26. The van der Waals surface area contributed by atoms with E-state index in [1.165, 1.54) is 0 Å². The summed E-state index contributed by atoms with van der Waals surface area (Å²) >= 11 is 0. The first-order valence-electron chi connectivity index (χ1n) is 4.46. The molecule has 0 aromatic carbocycles. The molecule has 0 saturated heterocycles. The third-order valence-corrected chi connectivity index (χ3v) is 1.92. The van der Waals surface area contributed by atoms with Crippen LogP contribution in [0.3, 0.4) is 0 Å². The topological polar surface area (TPSA) is 65.9 Å². The van der Waals surface area contributed by atoms with Gasteiger partial charge in [0.25, 0.3) is 0 Å². The zero-order valence-electron chi connectivity index (χ0n) is 8.44. The van der Waals surface area contributed by atoms with Gasteiger partial charge in [-0.05, 0) is 19.1 Å². The second-order valence-corrected chi connectivity index (χ2v) is 3.33. The molecule has 1 atom stereocenters. The van der Waals surface area contributed by atoms with Gasteiger partial charge in [0.1, 0.15) is 11.6 Å². The maximum atomic E-state index is 8.66. The first-order chi connectivity index (χ1) is 6.63. The Bertz CT molecular complexity index is 342. The van der Waals surface area contributed by atoms with Crippen molar-refractivity contribution in [3.8, 4) is 6.07 Å². The number of hydrogen-bond donors (Lipinski definition) is 1. The highest BCUT2D eigenvalue weighted by molar-refractivity contribution is 5.44. The first kappa shape index (κ1) is 10.3. The van der Waals surface area contributed by atoms with Crippen molar-refractivity contribution in [1.29, 1.82) is 5.26 Å². The molecule has 1 rings (SSSR count). The van der Waals surface area contributed by atoms with E-state index in [0.29, 0.717) is 12.4 Å². The van der Waals surface area contributed by atoms with Gasteiger partial charge in [0.2, 0.25) is 0 Å². The molecule has 0 aliphatic heterocycles. The van der Waals surface area contributed by atoms with Crippen molar-refractivity contribution in [2.45, 2.75) is 6.92 Å². The second kappa shape index (κ2) is 4.47. The lowest BCUT2D eigenvalue weighted by atomic mass is 10.2. The largest absolute Gasteiger partial charge is 0.384 e. The molecular weight excluding hydrogens is 176 g/mol. The molecule has 4 heteroatoms. The molecule has 74 valence electrons. The van der Waals surface area contributed by atoms with Crippen LogP contribution >= 0.6 is 0 Å². The minimum atomic E-state index is -0.0109. The first-order valence-corrected chi connectivity index (χ1v) is 4.46. The van der Waals surface area contributed by atoms with E-state index in [2.05, 4.69) is 11.1 Å². The summed E-state index contributed by atoms with van der Waals surface area (Å²) in [5.41, 5.74) is 5.56. The Kier molecular flexibility index (Phi) is 3.29. The Balaban J connectivity index is 2.70. The van der Waals surface area contributed by atoms with E-state index in [1.807, 2.05) is 31.0 Å². The van der Waals surface area contributed by atoms with E-state index < -0.39 is 0 Å². The molecule has 1 aromatic heterocycles. The summed E-state index contributed by atoms with van der Waals surface area (Å²) < 4.78 is 0. The van der Waals surface area contributed by atoms with Crippen LogP contribution in [-0.4, -0.2) is 18.6 Å². The van der Waals surface area contributed by atoms with Crippen molar-refractivity contribution in [1.82, 2.24) is 4.98 Å². The van der Waals surface area contributed by atoms with Crippen LogP contribution in [-0.2, 0) is 0 Å². The zero-order valence-corrected chi connectivity index (χ0v) is 8.44. The van der Waals surface area contributed by atoms with E-state index in [1.54, 1.807) is 6.07 Å². The van der Waals surface area contributed by atoms with Crippen molar-refractivity contribution < 1.29 is 0 Å². The lowest BCUT2D eigenvalue weighted by Gasteiger charge is -2.19. The number of nitriles is 1. The molecule has 0 aliphatic carbocycles. The average molecular weight is 190 g/mol. The summed E-state index contributed by atoms with van der Waals surface area (Å²) in [6.07, 6.45) is 0. The number of pyridine rings is 1. The van der Waals surface area contributed by atoms with Crippen LogP contribution in [0.15, 0.2) is 18.2 Å². The smallest absolute Gasteiger partial charge is 0.130 e. The van der Waals surface area contributed by atoms with Crippen molar-refractivity contribution in [3.63, 3.8) is 0 Å². The van der Waals surface area contributed by atoms with Gasteiger partial charge in [-0.1, -0.05) is 6.07 Å². The normalized spacial score (nSPS) is 11.8. The molecule has 0 saturated carbocycles. The molecule has 1 heterocycles. The van der Waals surface area contributed by atoms with Crippen LogP contribution in [0.4, 0.5) is 11.6 Å². The molecule has 0 bridgehead atoms. The number of anilines is 2. The molecule has 14 heavy (non-hydrogen) atoms. The molecule has 0 amide bonds. The third kappa shape index (κ3) is 2.63. The molecule has 2 N–H and O–H groups in total. The van der Waals surface area contributed by atoms with Gasteiger partial charge < -0.3 is 10.6 Å². The second-order valence-electron chi connectivity index (χ2n) is 3.33. The number of hydrogen-bond acceptors (Lipinski definition) is 4. The summed E-state index contributed by atoms with van der Waals surface area (Å²) in [5, 5.41) is 8.66. The van der Waals surface area contributed by atoms with E-state index in [4.69, 9.17) is 11.0 Å². The van der Waals surface area contributed by atoms with Crippen molar-refractivity contribution >= 4 is 11.6 Å². The van der Waals surface area contributed by atoms with Gasteiger partial charge in [0, 0.05) is 13.6 Å². The summed E-state index contributed by atoms with van der Waals surface area (Å²) in [6, 6.07) is 7.65. The Morgan fingerprint density at radius 3 is 2.93 bits per heavy atom. The van der Waals surface area contributed by atoms with Crippen LogP contribution < -0.4 is 10.6 Å². The fourth-order valence-electron chi connectivity index (χ4n) is 1.20. The minimum absolute atomic E-state index is 0.0109. The Morgan fingerprint density at radius 1 is 1.64 bits per heavy atom. The summed E-state index contributed by atoms with van der Waals surface area (Å²) in [5.74, 6) is 1.29.